The summed E-state index contributed by atoms with van der Waals surface area (Å²) < 4.78 is 1.97. The van der Waals surface area contributed by atoms with Crippen molar-refractivity contribution in [3.8, 4) is 0 Å². The fraction of sp³-hybridized carbons (Fsp3) is 0.727. The molecule has 1 heterocycles. The first-order valence-corrected chi connectivity index (χ1v) is 5.77. The molecule has 1 rings (SSSR count). The van der Waals surface area contributed by atoms with Crippen LogP contribution in [-0.4, -0.2) is 15.3 Å². The molecule has 0 saturated carbocycles. The number of hydrogen-bond donors (Lipinski definition) is 1. The number of halogens is 1. The van der Waals surface area contributed by atoms with Gasteiger partial charge in [0.15, 0.2) is 0 Å². The normalized spacial score (nSPS) is 12.1. The van der Waals surface area contributed by atoms with Crippen LogP contribution < -0.4 is 5.32 Å². The zero-order chi connectivity index (χ0) is 11.5. The Morgan fingerprint density at radius 3 is 2.67 bits per heavy atom. The quantitative estimate of drug-likeness (QED) is 0.861. The van der Waals surface area contributed by atoms with Gasteiger partial charge in [0.1, 0.15) is 0 Å². The van der Waals surface area contributed by atoms with Crippen LogP contribution in [0.4, 0.5) is 0 Å². The predicted molar refractivity (Wildman–Crippen MR) is 64.1 cm³/mol. The lowest BCUT2D eigenvalue weighted by Crippen LogP contribution is -2.35. The van der Waals surface area contributed by atoms with E-state index in [0.29, 0.717) is 0 Å². The smallest absolute Gasteiger partial charge is 0.0831 e. The molecule has 0 bridgehead atoms. The standard InChI is InChI=1S/C11H20ClN3/c1-5-6-15-10(9(12)7-14-15)8-13-11(2,3)4/h7,13H,5-6,8H2,1-4H3. The van der Waals surface area contributed by atoms with Crippen LogP contribution in [-0.2, 0) is 13.1 Å². The largest absolute Gasteiger partial charge is 0.306 e. The lowest BCUT2D eigenvalue weighted by Gasteiger charge is -2.21. The molecule has 0 fully saturated rings. The Morgan fingerprint density at radius 2 is 2.13 bits per heavy atom. The van der Waals surface area contributed by atoms with Crippen molar-refractivity contribution < 1.29 is 0 Å². The summed E-state index contributed by atoms with van der Waals surface area (Å²) in [7, 11) is 0. The van der Waals surface area contributed by atoms with Crippen LogP contribution >= 0.6 is 11.6 Å². The Morgan fingerprint density at radius 1 is 1.47 bits per heavy atom. The van der Waals surface area contributed by atoms with Crippen molar-refractivity contribution in [1.29, 1.82) is 0 Å². The summed E-state index contributed by atoms with van der Waals surface area (Å²) in [5.41, 5.74) is 1.18. The van der Waals surface area contributed by atoms with E-state index >= 15 is 0 Å². The lowest BCUT2D eigenvalue weighted by atomic mass is 10.1. The Hall–Kier alpha value is -0.540. The van der Waals surface area contributed by atoms with Gasteiger partial charge in [0.25, 0.3) is 0 Å². The number of hydrogen-bond acceptors (Lipinski definition) is 2. The molecule has 0 aliphatic carbocycles. The van der Waals surface area contributed by atoms with Gasteiger partial charge in [0.05, 0.1) is 16.9 Å². The Kier molecular flexibility index (Phi) is 4.17. The third-order valence-electron chi connectivity index (χ3n) is 2.12. The topological polar surface area (TPSA) is 29.9 Å². The molecule has 0 aromatic carbocycles. The van der Waals surface area contributed by atoms with Crippen LogP contribution in [0.5, 0.6) is 0 Å². The molecule has 15 heavy (non-hydrogen) atoms. The van der Waals surface area contributed by atoms with E-state index in [9.17, 15) is 0 Å². The van der Waals surface area contributed by atoms with Crippen LogP contribution in [0.1, 0.15) is 39.8 Å². The maximum Gasteiger partial charge on any atom is 0.0831 e. The molecule has 0 unspecified atom stereocenters. The van der Waals surface area contributed by atoms with Crippen LogP contribution in [0.15, 0.2) is 6.20 Å². The highest BCUT2D eigenvalue weighted by Gasteiger charge is 2.13. The van der Waals surface area contributed by atoms with Gasteiger partial charge in [-0.05, 0) is 27.2 Å². The van der Waals surface area contributed by atoms with Gasteiger partial charge in [-0.1, -0.05) is 18.5 Å². The van der Waals surface area contributed by atoms with Crippen molar-refractivity contribution in [2.75, 3.05) is 0 Å². The summed E-state index contributed by atoms with van der Waals surface area (Å²) in [5, 5.41) is 8.42. The minimum Gasteiger partial charge on any atom is -0.306 e. The van der Waals surface area contributed by atoms with E-state index in [-0.39, 0.29) is 5.54 Å². The monoisotopic (exact) mass is 229 g/mol. The summed E-state index contributed by atoms with van der Waals surface area (Å²) in [6.45, 7) is 10.2. The molecule has 1 aromatic rings. The van der Waals surface area contributed by atoms with Gasteiger partial charge in [0.2, 0.25) is 0 Å². The highest BCUT2D eigenvalue weighted by Crippen LogP contribution is 2.16. The first-order valence-electron chi connectivity index (χ1n) is 5.39. The van der Waals surface area contributed by atoms with E-state index in [1.807, 2.05) is 4.68 Å². The molecule has 4 heteroatoms. The molecule has 0 saturated heterocycles. The number of aryl methyl sites for hydroxylation is 1. The predicted octanol–water partition coefficient (Wildman–Crippen LogP) is 2.83. The van der Waals surface area contributed by atoms with Crippen molar-refractivity contribution in [3.63, 3.8) is 0 Å². The number of aromatic nitrogens is 2. The second-order valence-electron chi connectivity index (χ2n) is 4.77. The Balaban J connectivity index is 2.70. The SMILES string of the molecule is CCCn1ncc(Cl)c1CNC(C)(C)C. The molecule has 0 aliphatic rings. The summed E-state index contributed by atoms with van der Waals surface area (Å²) in [6.07, 6.45) is 2.79. The molecule has 0 amide bonds. The lowest BCUT2D eigenvalue weighted by molar-refractivity contribution is 0.411. The minimum absolute atomic E-state index is 0.102. The van der Waals surface area contributed by atoms with Gasteiger partial charge in [-0.15, -0.1) is 0 Å². The first-order chi connectivity index (χ1) is 6.94. The molecule has 0 aliphatic heterocycles. The van der Waals surface area contributed by atoms with Gasteiger partial charge in [0, 0.05) is 18.6 Å². The molecule has 3 nitrogen and oxygen atoms in total. The average Bonchev–Trinajstić information content (AvgIpc) is 2.44. The Bertz CT molecular complexity index is 312. The average molecular weight is 230 g/mol. The first kappa shape index (κ1) is 12.5. The van der Waals surface area contributed by atoms with Crippen molar-refractivity contribution in [2.45, 2.75) is 52.7 Å². The third-order valence-corrected chi connectivity index (χ3v) is 2.44. The maximum absolute atomic E-state index is 6.09. The van der Waals surface area contributed by atoms with E-state index in [0.717, 1.165) is 30.2 Å². The van der Waals surface area contributed by atoms with E-state index in [1.165, 1.54) is 0 Å². The van der Waals surface area contributed by atoms with Crippen LogP contribution in [0.3, 0.4) is 0 Å². The summed E-state index contributed by atoms with van der Waals surface area (Å²) in [4.78, 5) is 0. The van der Waals surface area contributed by atoms with Crippen molar-refractivity contribution in [3.05, 3.63) is 16.9 Å². The molecule has 0 atom stereocenters. The van der Waals surface area contributed by atoms with Gasteiger partial charge in [-0.3, -0.25) is 4.68 Å². The molecular weight excluding hydrogens is 210 g/mol. The van der Waals surface area contributed by atoms with Crippen molar-refractivity contribution >= 4 is 11.6 Å². The molecular formula is C11H20ClN3. The zero-order valence-electron chi connectivity index (χ0n) is 9.97. The highest BCUT2D eigenvalue weighted by molar-refractivity contribution is 6.31. The number of nitrogens with one attached hydrogen (secondary N) is 1. The molecule has 86 valence electrons. The van der Waals surface area contributed by atoms with Gasteiger partial charge >= 0.3 is 0 Å². The van der Waals surface area contributed by atoms with Crippen molar-refractivity contribution in [1.82, 2.24) is 15.1 Å². The second kappa shape index (κ2) is 4.99. The van der Waals surface area contributed by atoms with E-state index in [2.05, 4.69) is 38.1 Å². The molecule has 1 N–H and O–H groups in total. The number of rotatable bonds is 4. The van der Waals surface area contributed by atoms with Crippen molar-refractivity contribution in [2.24, 2.45) is 0 Å². The maximum atomic E-state index is 6.09. The summed E-state index contributed by atoms with van der Waals surface area (Å²) in [5.74, 6) is 0. The van der Waals surface area contributed by atoms with Crippen LogP contribution in [0.2, 0.25) is 5.02 Å². The van der Waals surface area contributed by atoms with Gasteiger partial charge in [-0.25, -0.2) is 0 Å². The van der Waals surface area contributed by atoms with Gasteiger partial charge in [-0.2, -0.15) is 5.10 Å². The molecule has 0 radical (unpaired) electrons. The van der Waals surface area contributed by atoms with E-state index in [4.69, 9.17) is 11.6 Å². The van der Waals surface area contributed by atoms with Gasteiger partial charge < -0.3 is 5.32 Å². The minimum atomic E-state index is 0.102. The molecule has 1 aromatic heterocycles. The zero-order valence-corrected chi connectivity index (χ0v) is 10.7. The third kappa shape index (κ3) is 3.84. The fourth-order valence-corrected chi connectivity index (χ4v) is 1.52. The summed E-state index contributed by atoms with van der Waals surface area (Å²) in [6, 6.07) is 0. The summed E-state index contributed by atoms with van der Waals surface area (Å²) >= 11 is 6.09. The van der Waals surface area contributed by atoms with E-state index < -0.39 is 0 Å². The highest BCUT2D eigenvalue weighted by atomic mass is 35.5. The Labute approximate surface area is 96.8 Å². The second-order valence-corrected chi connectivity index (χ2v) is 5.17. The number of nitrogens with zero attached hydrogens (tertiary/aromatic N) is 2. The molecule has 0 spiro atoms. The van der Waals surface area contributed by atoms with E-state index in [1.54, 1.807) is 6.20 Å². The fourth-order valence-electron chi connectivity index (χ4n) is 1.32. The van der Waals surface area contributed by atoms with Crippen LogP contribution in [0.25, 0.3) is 0 Å². The van der Waals surface area contributed by atoms with Crippen LogP contribution in [0, 0.1) is 0 Å².